The summed E-state index contributed by atoms with van der Waals surface area (Å²) in [5.41, 5.74) is 1.80. The second kappa shape index (κ2) is 6.45. The highest BCUT2D eigenvalue weighted by atomic mass is 35.5. The molecule has 0 aliphatic heterocycles. The van der Waals surface area contributed by atoms with Crippen LogP contribution in [0.5, 0.6) is 0 Å². The average Bonchev–Trinajstić information content (AvgIpc) is 3.31. The van der Waals surface area contributed by atoms with Crippen molar-refractivity contribution in [2.75, 3.05) is 10.0 Å². The first-order chi connectivity index (χ1) is 11.3. The molecular weight excluding hydrogens is 348 g/mol. The average molecular weight is 365 g/mol. The topological polar surface area (TPSA) is 75.3 Å². The molecule has 1 aliphatic rings. The number of carbonyl (C=O) groups excluding carboxylic acids is 1. The van der Waals surface area contributed by atoms with Gasteiger partial charge in [-0.25, -0.2) is 8.42 Å². The first-order valence-corrected chi connectivity index (χ1v) is 9.41. The Morgan fingerprint density at radius 1 is 1.12 bits per heavy atom. The van der Waals surface area contributed by atoms with Crippen LogP contribution in [-0.2, 0) is 14.8 Å². The maximum Gasteiger partial charge on any atom is 0.263 e. The van der Waals surface area contributed by atoms with E-state index >= 15 is 0 Å². The molecule has 0 atom stereocenters. The summed E-state index contributed by atoms with van der Waals surface area (Å²) in [6.45, 7) is 1.84. The molecule has 0 heterocycles. The zero-order valence-corrected chi connectivity index (χ0v) is 14.6. The van der Waals surface area contributed by atoms with Crippen LogP contribution in [0.15, 0.2) is 47.4 Å². The first-order valence-electron chi connectivity index (χ1n) is 7.55. The Morgan fingerprint density at radius 3 is 2.50 bits per heavy atom. The van der Waals surface area contributed by atoms with Crippen LogP contribution >= 0.6 is 11.6 Å². The van der Waals surface area contributed by atoms with Gasteiger partial charge in [-0.1, -0.05) is 23.7 Å². The lowest BCUT2D eigenvalue weighted by Gasteiger charge is -2.11. The number of halogens is 1. The molecule has 0 radical (unpaired) electrons. The highest BCUT2D eigenvalue weighted by Crippen LogP contribution is 2.31. The predicted octanol–water partition coefficient (Wildman–Crippen LogP) is 3.80. The summed E-state index contributed by atoms with van der Waals surface area (Å²) in [6.07, 6.45) is 1.81. The molecule has 2 aromatic rings. The van der Waals surface area contributed by atoms with Crippen molar-refractivity contribution in [3.63, 3.8) is 0 Å². The highest BCUT2D eigenvalue weighted by Gasteiger charge is 2.29. The van der Waals surface area contributed by atoms with E-state index in [1.54, 1.807) is 36.4 Å². The molecule has 0 unspecified atom stereocenters. The van der Waals surface area contributed by atoms with E-state index in [2.05, 4.69) is 10.0 Å². The summed E-state index contributed by atoms with van der Waals surface area (Å²) in [4.78, 5) is 11.8. The van der Waals surface area contributed by atoms with Gasteiger partial charge < -0.3 is 5.32 Å². The Hall–Kier alpha value is -2.05. The van der Waals surface area contributed by atoms with Gasteiger partial charge in [-0.05, 0) is 55.7 Å². The van der Waals surface area contributed by atoms with E-state index in [9.17, 15) is 13.2 Å². The third-order valence-electron chi connectivity index (χ3n) is 3.71. The van der Waals surface area contributed by atoms with E-state index in [4.69, 9.17) is 11.6 Å². The standard InChI is InChI=1S/C17H17ClN2O3S/c1-11-5-8-16(15(18)9-11)24(22,23)20-14-4-2-3-13(10-14)19-17(21)12-6-7-12/h2-5,8-10,12,20H,6-7H2,1H3,(H,19,21). The first kappa shape index (κ1) is 16.8. The largest absolute Gasteiger partial charge is 0.326 e. The van der Waals surface area contributed by atoms with Crippen molar-refractivity contribution in [2.24, 2.45) is 5.92 Å². The maximum absolute atomic E-state index is 12.5. The quantitative estimate of drug-likeness (QED) is 0.847. The number of sulfonamides is 1. The molecule has 0 aromatic heterocycles. The van der Waals surface area contributed by atoms with Crippen LogP contribution in [0.4, 0.5) is 11.4 Å². The summed E-state index contributed by atoms with van der Waals surface area (Å²) in [7, 11) is -3.80. The number of anilines is 2. The van der Waals surface area contributed by atoms with Crippen LogP contribution in [0, 0.1) is 12.8 Å². The van der Waals surface area contributed by atoms with Crippen LogP contribution in [0.1, 0.15) is 18.4 Å². The van der Waals surface area contributed by atoms with Crippen molar-refractivity contribution in [3.8, 4) is 0 Å². The smallest absolute Gasteiger partial charge is 0.263 e. The lowest BCUT2D eigenvalue weighted by molar-refractivity contribution is -0.117. The Kier molecular flexibility index (Phi) is 4.51. The van der Waals surface area contributed by atoms with Crippen LogP contribution < -0.4 is 10.0 Å². The summed E-state index contributed by atoms with van der Waals surface area (Å²) >= 11 is 6.05. The van der Waals surface area contributed by atoms with Gasteiger partial charge in [0, 0.05) is 11.6 Å². The molecule has 24 heavy (non-hydrogen) atoms. The van der Waals surface area contributed by atoms with Gasteiger partial charge in [-0.15, -0.1) is 0 Å². The normalized spacial score (nSPS) is 14.2. The molecule has 5 nitrogen and oxygen atoms in total. The molecule has 0 spiro atoms. The lowest BCUT2D eigenvalue weighted by Crippen LogP contribution is -2.15. The molecule has 1 saturated carbocycles. The fourth-order valence-electron chi connectivity index (χ4n) is 2.28. The monoisotopic (exact) mass is 364 g/mol. The number of aryl methyl sites for hydroxylation is 1. The second-order valence-corrected chi connectivity index (χ2v) is 7.94. The molecular formula is C17H17ClN2O3S. The van der Waals surface area contributed by atoms with Gasteiger partial charge in [-0.3, -0.25) is 9.52 Å². The van der Waals surface area contributed by atoms with Crippen LogP contribution in [0.2, 0.25) is 5.02 Å². The molecule has 0 saturated heterocycles. The summed E-state index contributed by atoms with van der Waals surface area (Å²) in [6, 6.07) is 11.4. The SMILES string of the molecule is Cc1ccc(S(=O)(=O)Nc2cccc(NC(=O)C3CC3)c2)c(Cl)c1. The molecule has 1 fully saturated rings. The van der Waals surface area contributed by atoms with E-state index in [1.165, 1.54) is 6.07 Å². The van der Waals surface area contributed by atoms with Crippen molar-refractivity contribution >= 4 is 38.9 Å². The van der Waals surface area contributed by atoms with Crippen molar-refractivity contribution in [1.29, 1.82) is 0 Å². The summed E-state index contributed by atoms with van der Waals surface area (Å²) in [5, 5.41) is 2.96. The van der Waals surface area contributed by atoms with Gasteiger partial charge in [0.25, 0.3) is 10.0 Å². The summed E-state index contributed by atoms with van der Waals surface area (Å²) in [5.74, 6) is 0.0494. The van der Waals surface area contributed by atoms with Gasteiger partial charge in [0.2, 0.25) is 5.91 Å². The third kappa shape index (κ3) is 3.88. The van der Waals surface area contributed by atoms with Crippen molar-refractivity contribution < 1.29 is 13.2 Å². The fraction of sp³-hybridized carbons (Fsp3) is 0.235. The van der Waals surface area contributed by atoms with Crippen molar-refractivity contribution in [2.45, 2.75) is 24.7 Å². The molecule has 2 N–H and O–H groups in total. The fourth-order valence-corrected chi connectivity index (χ4v) is 3.93. The molecule has 126 valence electrons. The maximum atomic E-state index is 12.5. The number of amides is 1. The van der Waals surface area contributed by atoms with Gasteiger partial charge >= 0.3 is 0 Å². The number of nitrogens with one attached hydrogen (secondary N) is 2. The zero-order chi connectivity index (χ0) is 17.3. The third-order valence-corrected chi connectivity index (χ3v) is 5.57. The van der Waals surface area contributed by atoms with Crippen molar-refractivity contribution in [3.05, 3.63) is 53.1 Å². The molecule has 2 aromatic carbocycles. The number of hydrogen-bond donors (Lipinski definition) is 2. The zero-order valence-electron chi connectivity index (χ0n) is 13.0. The molecule has 1 aliphatic carbocycles. The van der Waals surface area contributed by atoms with E-state index in [1.807, 2.05) is 6.92 Å². The van der Waals surface area contributed by atoms with Crippen LogP contribution in [0.25, 0.3) is 0 Å². The van der Waals surface area contributed by atoms with Crippen molar-refractivity contribution in [1.82, 2.24) is 0 Å². The Labute approximate surface area is 146 Å². The highest BCUT2D eigenvalue weighted by molar-refractivity contribution is 7.92. The predicted molar refractivity (Wildman–Crippen MR) is 94.8 cm³/mol. The van der Waals surface area contributed by atoms with E-state index in [-0.39, 0.29) is 21.7 Å². The van der Waals surface area contributed by atoms with Crippen LogP contribution in [0.3, 0.4) is 0 Å². The Balaban J connectivity index is 1.80. The molecule has 1 amide bonds. The number of benzene rings is 2. The van der Waals surface area contributed by atoms with Gasteiger partial charge in [-0.2, -0.15) is 0 Å². The van der Waals surface area contributed by atoms with E-state index in [0.717, 1.165) is 18.4 Å². The number of rotatable bonds is 5. The van der Waals surface area contributed by atoms with E-state index < -0.39 is 10.0 Å². The number of hydrogen-bond acceptors (Lipinski definition) is 3. The van der Waals surface area contributed by atoms with Gasteiger partial charge in [0.05, 0.1) is 10.7 Å². The van der Waals surface area contributed by atoms with E-state index in [0.29, 0.717) is 11.4 Å². The minimum atomic E-state index is -3.80. The Morgan fingerprint density at radius 2 is 1.83 bits per heavy atom. The minimum absolute atomic E-state index is 0.0159. The van der Waals surface area contributed by atoms with Crippen LogP contribution in [-0.4, -0.2) is 14.3 Å². The molecule has 0 bridgehead atoms. The summed E-state index contributed by atoms with van der Waals surface area (Å²) < 4.78 is 27.5. The molecule has 3 rings (SSSR count). The van der Waals surface area contributed by atoms with Gasteiger partial charge in [0.1, 0.15) is 4.90 Å². The minimum Gasteiger partial charge on any atom is -0.326 e. The van der Waals surface area contributed by atoms with Gasteiger partial charge in [0.15, 0.2) is 0 Å². The Bertz CT molecular complexity index is 892. The lowest BCUT2D eigenvalue weighted by atomic mass is 10.2. The number of carbonyl (C=O) groups is 1. The second-order valence-electron chi connectivity index (χ2n) is 5.88. The molecule has 7 heteroatoms.